The predicted molar refractivity (Wildman–Crippen MR) is 142 cm³/mol. The minimum Gasteiger partial charge on any atom is -0.496 e. The van der Waals surface area contributed by atoms with Crippen LogP contribution < -0.4 is 10.1 Å². The van der Waals surface area contributed by atoms with E-state index in [0.29, 0.717) is 0 Å². The first kappa shape index (κ1) is 24.1. The Hall–Kier alpha value is -4.58. The molecular weight excluding hydrogens is 466 g/mol. The summed E-state index contributed by atoms with van der Waals surface area (Å²) < 4.78 is 11.0. The van der Waals surface area contributed by atoms with Gasteiger partial charge < -0.3 is 19.9 Å². The summed E-state index contributed by atoms with van der Waals surface area (Å²) in [6, 6.07) is 30.3. The molecule has 0 heterocycles. The van der Waals surface area contributed by atoms with Gasteiger partial charge in [0.2, 0.25) is 0 Å². The van der Waals surface area contributed by atoms with Crippen molar-refractivity contribution >= 4 is 12.1 Å². The molecule has 0 unspecified atom stereocenters. The lowest BCUT2D eigenvalue weighted by Crippen LogP contribution is -2.42. The SMILES string of the molecule is COc1ccccc1-c1ccc(C[C@H](NC(=O)OCC2c3ccccc3-c3ccccc32)C(=O)O)cc1. The lowest BCUT2D eigenvalue weighted by Gasteiger charge is -2.18. The fraction of sp³-hybridized carbons (Fsp3) is 0.161. The Balaban J connectivity index is 1.23. The molecule has 1 aliphatic carbocycles. The molecule has 186 valence electrons. The van der Waals surface area contributed by atoms with Gasteiger partial charge in [0.1, 0.15) is 18.4 Å². The average Bonchev–Trinajstić information content (AvgIpc) is 3.25. The molecule has 6 nitrogen and oxygen atoms in total. The minimum absolute atomic E-state index is 0.0936. The topological polar surface area (TPSA) is 84.9 Å². The van der Waals surface area contributed by atoms with Gasteiger partial charge in [-0.3, -0.25) is 0 Å². The number of carbonyl (C=O) groups excluding carboxylic acids is 1. The molecule has 0 saturated heterocycles. The van der Waals surface area contributed by atoms with Gasteiger partial charge in [0.25, 0.3) is 0 Å². The third kappa shape index (κ3) is 5.05. The number of carboxylic acid groups (broad SMARTS) is 1. The van der Waals surface area contributed by atoms with E-state index >= 15 is 0 Å². The van der Waals surface area contributed by atoms with Gasteiger partial charge in [-0.15, -0.1) is 0 Å². The van der Waals surface area contributed by atoms with E-state index in [9.17, 15) is 14.7 Å². The highest BCUT2D eigenvalue weighted by Gasteiger charge is 2.29. The van der Waals surface area contributed by atoms with Gasteiger partial charge in [0, 0.05) is 17.9 Å². The van der Waals surface area contributed by atoms with Crippen molar-refractivity contribution in [3.8, 4) is 28.0 Å². The van der Waals surface area contributed by atoms with Crippen molar-refractivity contribution in [1.82, 2.24) is 5.32 Å². The molecule has 4 aromatic rings. The van der Waals surface area contributed by atoms with Crippen LogP contribution in [0.4, 0.5) is 4.79 Å². The first-order chi connectivity index (χ1) is 18.0. The summed E-state index contributed by atoms with van der Waals surface area (Å²) in [6.07, 6.45) is -0.619. The van der Waals surface area contributed by atoms with Crippen LogP contribution in [-0.2, 0) is 16.0 Å². The van der Waals surface area contributed by atoms with E-state index in [1.807, 2.05) is 84.9 Å². The quantitative estimate of drug-likeness (QED) is 0.319. The molecule has 0 bridgehead atoms. The monoisotopic (exact) mass is 493 g/mol. The largest absolute Gasteiger partial charge is 0.496 e. The number of carboxylic acids is 1. The van der Waals surface area contributed by atoms with Gasteiger partial charge in [-0.25, -0.2) is 9.59 Å². The molecule has 0 aliphatic heterocycles. The lowest BCUT2D eigenvalue weighted by molar-refractivity contribution is -0.139. The number of nitrogens with one attached hydrogen (secondary N) is 1. The van der Waals surface area contributed by atoms with E-state index in [4.69, 9.17) is 9.47 Å². The van der Waals surface area contributed by atoms with E-state index in [1.165, 1.54) is 0 Å². The summed E-state index contributed by atoms with van der Waals surface area (Å²) in [5.74, 6) is -0.457. The van der Waals surface area contributed by atoms with E-state index < -0.39 is 18.1 Å². The fourth-order valence-electron chi connectivity index (χ4n) is 4.92. The molecule has 1 atom stereocenters. The van der Waals surface area contributed by atoms with Crippen molar-refractivity contribution in [2.45, 2.75) is 18.4 Å². The fourth-order valence-corrected chi connectivity index (χ4v) is 4.92. The number of amides is 1. The van der Waals surface area contributed by atoms with Gasteiger partial charge in [-0.2, -0.15) is 0 Å². The van der Waals surface area contributed by atoms with Gasteiger partial charge >= 0.3 is 12.1 Å². The molecule has 0 saturated carbocycles. The van der Waals surface area contributed by atoms with Crippen molar-refractivity contribution in [3.63, 3.8) is 0 Å². The van der Waals surface area contributed by atoms with Gasteiger partial charge in [0.05, 0.1) is 7.11 Å². The molecule has 0 spiro atoms. The third-order valence-electron chi connectivity index (χ3n) is 6.75. The maximum atomic E-state index is 12.6. The number of carbonyl (C=O) groups is 2. The summed E-state index contributed by atoms with van der Waals surface area (Å²) in [5, 5.41) is 12.3. The van der Waals surface area contributed by atoms with Crippen LogP contribution in [0.1, 0.15) is 22.6 Å². The Morgan fingerprint density at radius 3 is 1.97 bits per heavy atom. The summed E-state index contributed by atoms with van der Waals surface area (Å²) in [4.78, 5) is 24.5. The van der Waals surface area contributed by atoms with Crippen LogP contribution in [0.15, 0.2) is 97.1 Å². The number of rotatable bonds is 8. The molecule has 2 N–H and O–H groups in total. The Bertz CT molecular complexity index is 1380. The highest BCUT2D eigenvalue weighted by molar-refractivity contribution is 5.81. The first-order valence-electron chi connectivity index (χ1n) is 12.1. The van der Waals surface area contributed by atoms with Crippen molar-refractivity contribution < 1.29 is 24.2 Å². The van der Waals surface area contributed by atoms with Crippen LogP contribution in [0.5, 0.6) is 5.75 Å². The summed E-state index contributed by atoms with van der Waals surface area (Å²) in [5.41, 5.74) is 7.15. The van der Waals surface area contributed by atoms with Crippen LogP contribution in [-0.4, -0.2) is 36.9 Å². The van der Waals surface area contributed by atoms with Crippen molar-refractivity contribution in [3.05, 3.63) is 114 Å². The summed E-state index contributed by atoms with van der Waals surface area (Å²) in [7, 11) is 1.62. The van der Waals surface area contributed by atoms with Crippen LogP contribution in [0.2, 0.25) is 0 Å². The molecule has 0 aromatic heterocycles. The number of hydrogen-bond donors (Lipinski definition) is 2. The van der Waals surface area contributed by atoms with Crippen LogP contribution in [0.3, 0.4) is 0 Å². The Morgan fingerprint density at radius 2 is 1.38 bits per heavy atom. The number of alkyl carbamates (subject to hydrolysis) is 1. The smallest absolute Gasteiger partial charge is 0.407 e. The second kappa shape index (κ2) is 10.6. The molecular formula is C31H27NO5. The number of hydrogen-bond acceptors (Lipinski definition) is 4. The highest BCUT2D eigenvalue weighted by atomic mass is 16.5. The lowest BCUT2D eigenvalue weighted by atomic mass is 9.98. The third-order valence-corrected chi connectivity index (χ3v) is 6.75. The standard InChI is InChI=1S/C31H27NO5/c1-36-29-13-7-6-8-22(29)21-16-14-20(15-17-21)18-28(30(33)34)32-31(35)37-19-27-25-11-4-2-9-23(25)24-10-3-5-12-26(24)27/h2-17,27-28H,18-19H2,1H3,(H,32,35)(H,33,34)/t28-/m0/s1. The molecule has 5 rings (SSSR count). The molecule has 0 radical (unpaired) electrons. The summed E-state index contributed by atoms with van der Waals surface area (Å²) in [6.45, 7) is 0.125. The number of para-hydroxylation sites is 1. The van der Waals surface area contributed by atoms with Crippen molar-refractivity contribution in [2.75, 3.05) is 13.7 Å². The van der Waals surface area contributed by atoms with Gasteiger partial charge in [-0.1, -0.05) is 91.0 Å². The maximum Gasteiger partial charge on any atom is 0.407 e. The van der Waals surface area contributed by atoms with Crippen molar-refractivity contribution in [2.24, 2.45) is 0 Å². The summed E-state index contributed by atoms with van der Waals surface area (Å²) >= 11 is 0. The number of fused-ring (bicyclic) bond motifs is 3. The van der Waals surface area contributed by atoms with Crippen LogP contribution in [0, 0.1) is 0 Å². The Morgan fingerprint density at radius 1 is 0.811 bits per heavy atom. The Kier molecular flexibility index (Phi) is 6.90. The normalized spacial score (nSPS) is 12.8. The second-order valence-electron chi connectivity index (χ2n) is 8.96. The van der Waals surface area contributed by atoms with Crippen molar-refractivity contribution in [1.29, 1.82) is 0 Å². The zero-order valence-electron chi connectivity index (χ0n) is 20.4. The maximum absolute atomic E-state index is 12.6. The molecule has 0 fully saturated rings. The van der Waals surface area contributed by atoms with E-state index in [-0.39, 0.29) is 18.9 Å². The zero-order valence-corrected chi connectivity index (χ0v) is 20.4. The molecule has 4 aromatic carbocycles. The van der Waals surface area contributed by atoms with Crippen LogP contribution >= 0.6 is 0 Å². The molecule has 1 amide bonds. The minimum atomic E-state index is -1.12. The highest BCUT2D eigenvalue weighted by Crippen LogP contribution is 2.44. The second-order valence-corrected chi connectivity index (χ2v) is 8.96. The average molecular weight is 494 g/mol. The zero-order chi connectivity index (χ0) is 25.8. The van der Waals surface area contributed by atoms with Gasteiger partial charge in [-0.05, 0) is 39.4 Å². The molecule has 37 heavy (non-hydrogen) atoms. The predicted octanol–water partition coefficient (Wildman–Crippen LogP) is 5.90. The van der Waals surface area contributed by atoms with Gasteiger partial charge in [0.15, 0.2) is 0 Å². The molecule has 6 heteroatoms. The van der Waals surface area contributed by atoms with E-state index in [2.05, 4.69) is 17.4 Å². The number of benzene rings is 4. The number of aliphatic carboxylic acids is 1. The van der Waals surface area contributed by atoms with Crippen LogP contribution in [0.25, 0.3) is 22.3 Å². The molecule has 1 aliphatic rings. The number of ether oxygens (including phenoxy) is 2. The van der Waals surface area contributed by atoms with E-state index in [0.717, 1.165) is 44.7 Å². The first-order valence-corrected chi connectivity index (χ1v) is 12.1. The Labute approximate surface area is 215 Å². The van der Waals surface area contributed by atoms with E-state index in [1.54, 1.807) is 7.11 Å². The number of methoxy groups -OCH3 is 1.